The molecule has 10 nitrogen and oxygen atoms in total. The Morgan fingerprint density at radius 2 is 1.13 bits per heavy atom. The van der Waals surface area contributed by atoms with Crippen molar-refractivity contribution in [2.45, 2.75) is 34.6 Å². The van der Waals surface area contributed by atoms with Gasteiger partial charge < -0.3 is 10.6 Å². The molecular formula is C20H28N6O4. The van der Waals surface area contributed by atoms with E-state index >= 15 is 0 Å². The summed E-state index contributed by atoms with van der Waals surface area (Å²) < 4.78 is 2.28. The number of nitrogens with one attached hydrogen (secondary N) is 2. The summed E-state index contributed by atoms with van der Waals surface area (Å²) in [5.41, 5.74) is 1.48. The van der Waals surface area contributed by atoms with Crippen molar-refractivity contribution >= 4 is 11.8 Å². The molecule has 2 aromatic heterocycles. The molecule has 0 atom stereocenters. The van der Waals surface area contributed by atoms with Crippen molar-refractivity contribution in [2.24, 2.45) is 20.0 Å². The molecule has 0 aliphatic heterocycles. The molecule has 0 aromatic carbocycles. The van der Waals surface area contributed by atoms with Crippen molar-refractivity contribution < 1.29 is 9.59 Å². The minimum absolute atomic E-state index is 0.0626. The zero-order chi connectivity index (χ0) is 22.7. The molecule has 0 radical (unpaired) electrons. The maximum absolute atomic E-state index is 12.5. The number of aromatic nitrogens is 4. The van der Waals surface area contributed by atoms with Crippen LogP contribution in [0.15, 0.2) is 9.59 Å². The molecule has 0 aliphatic rings. The molecule has 162 valence electrons. The normalized spacial score (nSPS) is 10.9. The van der Waals surface area contributed by atoms with E-state index in [9.17, 15) is 19.2 Å². The lowest BCUT2D eigenvalue weighted by molar-refractivity contribution is 0.0938. The molecule has 0 fully saturated rings. The van der Waals surface area contributed by atoms with Gasteiger partial charge in [-0.3, -0.25) is 19.2 Å². The smallest absolute Gasteiger partial charge is 0.279 e. The zero-order valence-electron chi connectivity index (χ0n) is 18.4. The maximum atomic E-state index is 12.5. The summed E-state index contributed by atoms with van der Waals surface area (Å²) in [6.07, 6.45) is 0. The second-order valence-electron chi connectivity index (χ2n) is 7.55. The van der Waals surface area contributed by atoms with Crippen LogP contribution in [-0.2, 0) is 14.1 Å². The van der Waals surface area contributed by atoms with Crippen LogP contribution in [0.4, 0.5) is 0 Å². The van der Waals surface area contributed by atoms with Crippen molar-refractivity contribution in [3.8, 4) is 0 Å². The second kappa shape index (κ2) is 9.02. The summed E-state index contributed by atoms with van der Waals surface area (Å²) in [5, 5.41) is 13.6. The molecule has 2 aromatic rings. The highest BCUT2D eigenvalue weighted by molar-refractivity contribution is 5.96. The fourth-order valence-electron chi connectivity index (χ4n) is 3.01. The van der Waals surface area contributed by atoms with Crippen LogP contribution in [-0.4, -0.2) is 44.5 Å². The Hall–Kier alpha value is -3.30. The average Bonchev–Trinajstić information content (AvgIpc) is 2.68. The Bertz CT molecular complexity index is 1030. The minimum atomic E-state index is -0.480. The van der Waals surface area contributed by atoms with Gasteiger partial charge in [-0.25, -0.2) is 9.36 Å². The van der Waals surface area contributed by atoms with Gasteiger partial charge in [0.2, 0.25) is 0 Å². The number of hydrogen-bond acceptors (Lipinski definition) is 6. The molecule has 2 amide bonds. The largest absolute Gasteiger partial charge is 0.352 e. The fourth-order valence-corrected chi connectivity index (χ4v) is 3.01. The number of aryl methyl sites for hydroxylation is 4. The molecular weight excluding hydrogens is 388 g/mol. The Morgan fingerprint density at radius 1 is 0.800 bits per heavy atom. The van der Waals surface area contributed by atoms with Gasteiger partial charge >= 0.3 is 0 Å². The van der Waals surface area contributed by atoms with Gasteiger partial charge in [-0.1, -0.05) is 6.92 Å². The first-order chi connectivity index (χ1) is 14.0. The summed E-state index contributed by atoms with van der Waals surface area (Å²) in [6, 6.07) is 0. The molecule has 0 unspecified atom stereocenters. The average molecular weight is 416 g/mol. The standard InChI is InChI=1S/C20H28N6O4/c1-10(8-21-17(27)15-11(2)13(4)23-25(6)19(15)29)9-22-18(28)16-12(3)14(5)24-26(7)20(16)30/h10H,8-9H2,1-7H3,(H,21,27)(H,22,28). The third kappa shape index (κ3) is 4.64. The molecule has 10 heteroatoms. The van der Waals surface area contributed by atoms with Gasteiger partial charge in [-0.15, -0.1) is 0 Å². The van der Waals surface area contributed by atoms with E-state index in [4.69, 9.17) is 0 Å². The SMILES string of the molecule is Cc1nn(C)c(=O)c(C(=O)NCC(C)CNC(=O)c2c(C)c(C)nn(C)c2=O)c1C. The van der Waals surface area contributed by atoms with E-state index in [-0.39, 0.29) is 30.1 Å². The lowest BCUT2D eigenvalue weighted by Gasteiger charge is -2.16. The lowest BCUT2D eigenvalue weighted by Crippen LogP contribution is -2.40. The third-order valence-electron chi connectivity index (χ3n) is 5.13. The van der Waals surface area contributed by atoms with Crippen LogP contribution in [0.3, 0.4) is 0 Å². The van der Waals surface area contributed by atoms with Gasteiger partial charge in [0.1, 0.15) is 11.1 Å². The van der Waals surface area contributed by atoms with Gasteiger partial charge in [0.15, 0.2) is 0 Å². The van der Waals surface area contributed by atoms with Crippen molar-refractivity contribution in [3.63, 3.8) is 0 Å². The van der Waals surface area contributed by atoms with Crippen LogP contribution >= 0.6 is 0 Å². The first kappa shape index (κ1) is 23.0. The Balaban J connectivity index is 2.03. The van der Waals surface area contributed by atoms with E-state index in [1.165, 1.54) is 14.1 Å². The fraction of sp³-hybridized carbons (Fsp3) is 0.500. The van der Waals surface area contributed by atoms with Crippen molar-refractivity contribution in [2.75, 3.05) is 13.1 Å². The molecule has 0 spiro atoms. The number of rotatable bonds is 6. The van der Waals surface area contributed by atoms with Crippen molar-refractivity contribution in [1.29, 1.82) is 0 Å². The number of carbonyl (C=O) groups excluding carboxylic acids is 2. The van der Waals surface area contributed by atoms with Gasteiger partial charge in [0.25, 0.3) is 22.9 Å². The first-order valence-electron chi connectivity index (χ1n) is 9.61. The van der Waals surface area contributed by atoms with E-state index < -0.39 is 22.9 Å². The summed E-state index contributed by atoms with van der Waals surface area (Å²) in [5.74, 6) is -1.09. The number of carbonyl (C=O) groups is 2. The van der Waals surface area contributed by atoms with E-state index in [0.717, 1.165) is 9.36 Å². The second-order valence-corrected chi connectivity index (χ2v) is 7.55. The summed E-state index contributed by atoms with van der Waals surface area (Å²) in [6.45, 7) is 9.16. The number of hydrogen-bond donors (Lipinski definition) is 2. The summed E-state index contributed by atoms with van der Waals surface area (Å²) >= 11 is 0. The van der Waals surface area contributed by atoms with E-state index in [0.29, 0.717) is 22.5 Å². The Morgan fingerprint density at radius 3 is 1.47 bits per heavy atom. The van der Waals surface area contributed by atoms with Crippen LogP contribution in [0.1, 0.15) is 50.2 Å². The highest BCUT2D eigenvalue weighted by Crippen LogP contribution is 2.07. The number of nitrogens with zero attached hydrogens (tertiary/aromatic N) is 4. The number of amides is 2. The van der Waals surface area contributed by atoms with Crippen LogP contribution in [0, 0.1) is 33.6 Å². The maximum Gasteiger partial charge on any atom is 0.279 e. The quantitative estimate of drug-likeness (QED) is 0.677. The van der Waals surface area contributed by atoms with E-state index in [2.05, 4.69) is 20.8 Å². The summed E-state index contributed by atoms with van der Waals surface area (Å²) in [7, 11) is 2.99. The van der Waals surface area contributed by atoms with Gasteiger partial charge in [-0.2, -0.15) is 10.2 Å². The minimum Gasteiger partial charge on any atom is -0.352 e. The zero-order valence-corrected chi connectivity index (χ0v) is 18.4. The molecule has 0 saturated heterocycles. The van der Waals surface area contributed by atoms with Crippen LogP contribution in [0.25, 0.3) is 0 Å². The Kier molecular flexibility index (Phi) is 6.91. The van der Waals surface area contributed by atoms with Gasteiger partial charge in [0.05, 0.1) is 11.4 Å². The first-order valence-corrected chi connectivity index (χ1v) is 9.61. The van der Waals surface area contributed by atoms with Crippen LogP contribution < -0.4 is 21.8 Å². The lowest BCUT2D eigenvalue weighted by atomic mass is 10.1. The highest BCUT2D eigenvalue weighted by Gasteiger charge is 2.20. The van der Waals surface area contributed by atoms with Gasteiger partial charge in [0, 0.05) is 27.2 Å². The molecule has 2 rings (SSSR count). The van der Waals surface area contributed by atoms with Crippen LogP contribution in [0.2, 0.25) is 0 Å². The Labute approximate surface area is 174 Å². The van der Waals surface area contributed by atoms with E-state index in [1.807, 2.05) is 6.92 Å². The topological polar surface area (TPSA) is 128 Å². The summed E-state index contributed by atoms with van der Waals surface area (Å²) in [4.78, 5) is 49.6. The van der Waals surface area contributed by atoms with Crippen molar-refractivity contribution in [1.82, 2.24) is 30.2 Å². The van der Waals surface area contributed by atoms with E-state index in [1.54, 1.807) is 27.7 Å². The molecule has 30 heavy (non-hydrogen) atoms. The predicted octanol–water partition coefficient (Wildman–Crippen LogP) is -0.0964. The monoisotopic (exact) mass is 416 g/mol. The predicted molar refractivity (Wildman–Crippen MR) is 112 cm³/mol. The molecule has 0 bridgehead atoms. The molecule has 2 heterocycles. The molecule has 0 saturated carbocycles. The van der Waals surface area contributed by atoms with Crippen LogP contribution in [0.5, 0.6) is 0 Å². The van der Waals surface area contributed by atoms with Crippen molar-refractivity contribution in [3.05, 3.63) is 54.3 Å². The molecule has 0 aliphatic carbocycles. The highest BCUT2D eigenvalue weighted by atomic mass is 16.2. The molecule has 2 N–H and O–H groups in total. The van der Waals surface area contributed by atoms with Gasteiger partial charge in [-0.05, 0) is 44.7 Å². The third-order valence-corrected chi connectivity index (χ3v) is 5.13.